The third-order valence-corrected chi connectivity index (χ3v) is 5.77. The lowest BCUT2D eigenvalue weighted by molar-refractivity contribution is 0.948. The van der Waals surface area contributed by atoms with Crippen molar-refractivity contribution >= 4 is 52.4 Å². The van der Waals surface area contributed by atoms with Gasteiger partial charge in [0.1, 0.15) is 17.5 Å². The zero-order chi connectivity index (χ0) is 19.3. The molecule has 3 heterocycles. The standard InChI is InChI=1S/C20H18N6S2.ClH/c21-19(16-6-2-8-27-16)24-12-18-23-11-15(26-18)13-4-1-5-14(10-13)25-20(22)17-7-3-9-28-17;/h1-11H,12H2,(H2,21,24)(H2,22,25)(H,23,26);1H. The van der Waals surface area contributed by atoms with Gasteiger partial charge >= 0.3 is 0 Å². The van der Waals surface area contributed by atoms with Crippen LogP contribution in [0.2, 0.25) is 0 Å². The summed E-state index contributed by atoms with van der Waals surface area (Å²) in [5.41, 5.74) is 14.8. The maximum atomic E-state index is 6.09. The number of aromatic amines is 1. The van der Waals surface area contributed by atoms with E-state index in [4.69, 9.17) is 11.5 Å². The Labute approximate surface area is 182 Å². The van der Waals surface area contributed by atoms with Gasteiger partial charge in [0, 0.05) is 5.56 Å². The molecule has 0 bridgehead atoms. The molecule has 4 rings (SSSR count). The summed E-state index contributed by atoms with van der Waals surface area (Å²) >= 11 is 3.13. The number of nitrogens with two attached hydrogens (primary N) is 2. The molecule has 0 radical (unpaired) electrons. The number of imidazole rings is 1. The molecule has 1 aromatic carbocycles. The largest absolute Gasteiger partial charge is 0.383 e. The van der Waals surface area contributed by atoms with Gasteiger partial charge in [0.15, 0.2) is 0 Å². The molecule has 0 saturated heterocycles. The maximum Gasteiger partial charge on any atom is 0.141 e. The van der Waals surface area contributed by atoms with Gasteiger partial charge in [-0.3, -0.25) is 4.99 Å². The van der Waals surface area contributed by atoms with Crippen molar-refractivity contribution in [3.63, 3.8) is 0 Å². The summed E-state index contributed by atoms with van der Waals surface area (Å²) in [7, 11) is 0. The summed E-state index contributed by atoms with van der Waals surface area (Å²) < 4.78 is 0. The Balaban J connectivity index is 0.00000240. The van der Waals surface area contributed by atoms with Gasteiger partial charge in [-0.2, -0.15) is 0 Å². The molecule has 9 heteroatoms. The topological polar surface area (TPSA) is 105 Å². The van der Waals surface area contributed by atoms with Gasteiger partial charge in [0.25, 0.3) is 0 Å². The molecule has 4 aromatic rings. The molecular weight excluding hydrogens is 424 g/mol. The van der Waals surface area contributed by atoms with Crippen LogP contribution in [0.1, 0.15) is 15.6 Å². The van der Waals surface area contributed by atoms with Crippen LogP contribution in [0.3, 0.4) is 0 Å². The molecule has 0 aliphatic rings. The monoisotopic (exact) mass is 442 g/mol. The maximum absolute atomic E-state index is 6.09. The van der Waals surface area contributed by atoms with Crippen molar-refractivity contribution in [1.82, 2.24) is 9.97 Å². The van der Waals surface area contributed by atoms with Crippen LogP contribution in [-0.2, 0) is 6.54 Å². The molecule has 6 nitrogen and oxygen atoms in total. The van der Waals surface area contributed by atoms with E-state index < -0.39 is 0 Å². The average molecular weight is 443 g/mol. The zero-order valence-corrected chi connectivity index (χ0v) is 17.7. The van der Waals surface area contributed by atoms with Crippen LogP contribution < -0.4 is 11.5 Å². The van der Waals surface area contributed by atoms with E-state index in [9.17, 15) is 0 Å². The van der Waals surface area contributed by atoms with Gasteiger partial charge in [-0.1, -0.05) is 24.3 Å². The number of nitrogens with one attached hydrogen (secondary N) is 1. The summed E-state index contributed by atoms with van der Waals surface area (Å²) in [6.45, 7) is 0.396. The highest BCUT2D eigenvalue weighted by Crippen LogP contribution is 2.24. The van der Waals surface area contributed by atoms with E-state index >= 15 is 0 Å². The van der Waals surface area contributed by atoms with Crippen molar-refractivity contribution in [2.24, 2.45) is 21.5 Å². The van der Waals surface area contributed by atoms with Gasteiger partial charge in [-0.15, -0.1) is 35.1 Å². The quantitative estimate of drug-likeness (QED) is 0.301. The van der Waals surface area contributed by atoms with Crippen LogP contribution in [0, 0.1) is 0 Å². The fourth-order valence-corrected chi connectivity index (χ4v) is 3.89. The molecule has 0 unspecified atom stereocenters. The van der Waals surface area contributed by atoms with Gasteiger partial charge in [-0.25, -0.2) is 9.98 Å². The summed E-state index contributed by atoms with van der Waals surface area (Å²) in [6, 6.07) is 15.7. The van der Waals surface area contributed by atoms with E-state index in [1.54, 1.807) is 28.9 Å². The van der Waals surface area contributed by atoms with E-state index in [0.717, 1.165) is 32.5 Å². The van der Waals surface area contributed by atoms with Crippen LogP contribution in [-0.4, -0.2) is 21.6 Å². The lowest BCUT2D eigenvalue weighted by Gasteiger charge is -2.01. The third kappa shape index (κ3) is 5.11. The molecule has 148 valence electrons. The number of aliphatic imine (C=N–C) groups is 2. The van der Waals surface area contributed by atoms with E-state index in [0.29, 0.717) is 18.2 Å². The van der Waals surface area contributed by atoms with Gasteiger partial charge in [0.2, 0.25) is 0 Å². The number of rotatable bonds is 6. The van der Waals surface area contributed by atoms with Crippen molar-refractivity contribution < 1.29 is 0 Å². The predicted molar refractivity (Wildman–Crippen MR) is 125 cm³/mol. The molecule has 3 aromatic heterocycles. The zero-order valence-electron chi connectivity index (χ0n) is 15.3. The Bertz CT molecular complexity index is 1110. The number of hydrogen-bond donors (Lipinski definition) is 3. The highest BCUT2D eigenvalue weighted by molar-refractivity contribution is 7.12. The smallest absolute Gasteiger partial charge is 0.141 e. The van der Waals surface area contributed by atoms with Gasteiger partial charge in [-0.05, 0) is 35.0 Å². The van der Waals surface area contributed by atoms with E-state index in [1.165, 1.54) is 0 Å². The van der Waals surface area contributed by atoms with Crippen molar-refractivity contribution in [2.75, 3.05) is 0 Å². The molecule has 5 N–H and O–H groups in total. The second-order valence-corrected chi connectivity index (χ2v) is 7.84. The molecule has 29 heavy (non-hydrogen) atoms. The predicted octanol–water partition coefficient (Wildman–Crippen LogP) is 4.56. The van der Waals surface area contributed by atoms with Crippen LogP contribution >= 0.6 is 35.1 Å². The molecule has 0 saturated carbocycles. The van der Waals surface area contributed by atoms with E-state index in [2.05, 4.69) is 20.0 Å². The molecule has 0 atom stereocenters. The molecule has 0 amide bonds. The number of amidine groups is 2. The first kappa shape index (κ1) is 20.8. The highest BCUT2D eigenvalue weighted by atomic mass is 35.5. The number of H-pyrrole nitrogens is 1. The minimum atomic E-state index is 0. The van der Waals surface area contributed by atoms with Crippen molar-refractivity contribution in [3.05, 3.63) is 81.1 Å². The number of nitrogens with zero attached hydrogens (tertiary/aromatic N) is 3. The summed E-state index contributed by atoms with van der Waals surface area (Å²) in [5.74, 6) is 1.78. The SMILES string of the molecule is Cl.NC(=NCc1ncc(-c2cccc(N=C(N)c3cccs3)c2)[nH]1)c1cccs1. The number of aromatic nitrogens is 2. The minimum Gasteiger partial charge on any atom is -0.383 e. The molecule has 0 spiro atoms. The van der Waals surface area contributed by atoms with Crippen LogP contribution in [0.4, 0.5) is 5.69 Å². The first-order valence-electron chi connectivity index (χ1n) is 8.55. The summed E-state index contributed by atoms with van der Waals surface area (Å²) in [6.07, 6.45) is 1.79. The number of hydrogen-bond acceptors (Lipinski definition) is 5. The van der Waals surface area contributed by atoms with Crippen molar-refractivity contribution in [1.29, 1.82) is 0 Å². The lowest BCUT2D eigenvalue weighted by Crippen LogP contribution is -2.11. The second-order valence-electron chi connectivity index (χ2n) is 5.95. The fraction of sp³-hybridized carbons (Fsp3) is 0.0500. The second kappa shape index (κ2) is 9.51. The summed E-state index contributed by atoms with van der Waals surface area (Å²) in [4.78, 5) is 18.5. The molecular formula is C20H19ClN6S2. The Morgan fingerprint density at radius 3 is 2.38 bits per heavy atom. The molecule has 0 aliphatic heterocycles. The highest BCUT2D eigenvalue weighted by Gasteiger charge is 2.06. The van der Waals surface area contributed by atoms with Gasteiger partial charge in [0.05, 0.1) is 33.9 Å². The Kier molecular flexibility index (Phi) is 6.82. The molecule has 0 fully saturated rings. The number of thiophene rings is 2. The molecule has 0 aliphatic carbocycles. The first-order chi connectivity index (χ1) is 13.7. The van der Waals surface area contributed by atoms with E-state index in [-0.39, 0.29) is 12.4 Å². The lowest BCUT2D eigenvalue weighted by atomic mass is 10.1. The normalized spacial score (nSPS) is 12.0. The fourth-order valence-electron chi connectivity index (χ4n) is 2.61. The summed E-state index contributed by atoms with van der Waals surface area (Å²) in [5, 5.41) is 3.96. The van der Waals surface area contributed by atoms with Crippen LogP contribution in [0.15, 0.2) is 75.5 Å². The minimum absolute atomic E-state index is 0. The van der Waals surface area contributed by atoms with Gasteiger partial charge < -0.3 is 16.5 Å². The number of benzene rings is 1. The van der Waals surface area contributed by atoms with E-state index in [1.807, 2.05) is 59.3 Å². The Hall–Kier alpha value is -2.94. The third-order valence-electron chi connectivity index (χ3n) is 3.98. The van der Waals surface area contributed by atoms with Crippen molar-refractivity contribution in [2.45, 2.75) is 6.54 Å². The Morgan fingerprint density at radius 2 is 1.69 bits per heavy atom. The Morgan fingerprint density at radius 1 is 0.966 bits per heavy atom. The first-order valence-corrected chi connectivity index (χ1v) is 10.3. The van der Waals surface area contributed by atoms with Crippen molar-refractivity contribution in [3.8, 4) is 11.3 Å². The van der Waals surface area contributed by atoms with Crippen LogP contribution in [0.5, 0.6) is 0 Å². The average Bonchev–Trinajstić information content (AvgIpc) is 3.49. The van der Waals surface area contributed by atoms with Crippen LogP contribution in [0.25, 0.3) is 11.3 Å². The number of halogens is 1.